The van der Waals surface area contributed by atoms with Crippen LogP contribution in [0.1, 0.15) is 13.3 Å². The van der Waals surface area contributed by atoms with Gasteiger partial charge in [-0.25, -0.2) is 4.39 Å². The highest BCUT2D eigenvalue weighted by Gasteiger charge is 2.06. The highest BCUT2D eigenvalue weighted by Crippen LogP contribution is 2.21. The van der Waals surface area contributed by atoms with Crippen molar-refractivity contribution < 1.29 is 18.7 Å². The summed E-state index contributed by atoms with van der Waals surface area (Å²) >= 11 is 3.14. The molecule has 0 aliphatic carbocycles. The number of carbonyl (C=O) groups excluding carboxylic acids is 1. The van der Waals surface area contributed by atoms with Gasteiger partial charge in [0.05, 0.1) is 19.6 Å². The molecule has 0 atom stereocenters. The molecule has 0 aliphatic rings. The van der Waals surface area contributed by atoms with Gasteiger partial charge >= 0.3 is 5.97 Å². The molecule has 0 fully saturated rings. The van der Waals surface area contributed by atoms with Gasteiger partial charge < -0.3 is 9.47 Å². The first kappa shape index (κ1) is 13.0. The lowest BCUT2D eigenvalue weighted by Gasteiger charge is -2.06. The summed E-state index contributed by atoms with van der Waals surface area (Å²) in [5.41, 5.74) is 0. The predicted octanol–water partition coefficient (Wildman–Crippen LogP) is 2.92. The average Bonchev–Trinajstić information content (AvgIpc) is 2.22. The summed E-state index contributed by atoms with van der Waals surface area (Å²) in [6.07, 6.45) is 0.114. The Balaban J connectivity index is 2.40. The highest BCUT2D eigenvalue weighted by atomic mass is 79.9. The van der Waals surface area contributed by atoms with Crippen LogP contribution in [0.25, 0.3) is 0 Å². The summed E-state index contributed by atoms with van der Waals surface area (Å²) in [6.45, 7) is 2.18. The van der Waals surface area contributed by atoms with E-state index in [-0.39, 0.29) is 24.7 Å². The smallest absolute Gasteiger partial charge is 0.309 e. The lowest BCUT2D eigenvalue weighted by Crippen LogP contribution is -2.10. The van der Waals surface area contributed by atoms with Gasteiger partial charge in [-0.2, -0.15) is 0 Å². The van der Waals surface area contributed by atoms with E-state index in [4.69, 9.17) is 9.47 Å². The topological polar surface area (TPSA) is 35.5 Å². The second kappa shape index (κ2) is 6.48. The van der Waals surface area contributed by atoms with E-state index in [0.717, 1.165) is 0 Å². The number of rotatable bonds is 5. The van der Waals surface area contributed by atoms with E-state index in [1.807, 2.05) is 0 Å². The zero-order valence-corrected chi connectivity index (χ0v) is 10.4. The van der Waals surface area contributed by atoms with Crippen molar-refractivity contribution in [3.8, 4) is 5.75 Å². The lowest BCUT2D eigenvalue weighted by atomic mass is 10.3. The van der Waals surface area contributed by atoms with Crippen LogP contribution in [-0.2, 0) is 9.53 Å². The first-order chi connectivity index (χ1) is 7.63. The number of carbonyl (C=O) groups is 1. The van der Waals surface area contributed by atoms with E-state index < -0.39 is 5.82 Å². The molecular formula is C11H12BrFO3. The van der Waals surface area contributed by atoms with Crippen LogP contribution >= 0.6 is 15.9 Å². The SMILES string of the molecule is CCOC(=O)CCOc1ccc(Br)cc1F. The Morgan fingerprint density at radius 3 is 2.88 bits per heavy atom. The minimum atomic E-state index is -0.460. The van der Waals surface area contributed by atoms with Crippen LogP contribution in [0.2, 0.25) is 0 Å². The van der Waals surface area contributed by atoms with Crippen molar-refractivity contribution in [1.82, 2.24) is 0 Å². The number of hydrogen-bond donors (Lipinski definition) is 0. The second-order valence-corrected chi connectivity index (χ2v) is 3.89. The predicted molar refractivity (Wildman–Crippen MR) is 60.8 cm³/mol. The van der Waals surface area contributed by atoms with Crippen LogP contribution in [0.15, 0.2) is 22.7 Å². The van der Waals surface area contributed by atoms with Gasteiger partial charge in [0, 0.05) is 4.47 Å². The van der Waals surface area contributed by atoms with Crippen LogP contribution in [0.3, 0.4) is 0 Å². The molecule has 3 nitrogen and oxygen atoms in total. The van der Waals surface area contributed by atoms with E-state index >= 15 is 0 Å². The van der Waals surface area contributed by atoms with Crippen LogP contribution < -0.4 is 4.74 Å². The van der Waals surface area contributed by atoms with Crippen molar-refractivity contribution in [3.63, 3.8) is 0 Å². The van der Waals surface area contributed by atoms with Crippen molar-refractivity contribution in [2.75, 3.05) is 13.2 Å². The lowest BCUT2D eigenvalue weighted by molar-refractivity contribution is -0.143. The maximum absolute atomic E-state index is 13.3. The van der Waals surface area contributed by atoms with Gasteiger partial charge in [0.1, 0.15) is 0 Å². The Labute approximate surface area is 102 Å². The van der Waals surface area contributed by atoms with E-state index in [9.17, 15) is 9.18 Å². The minimum Gasteiger partial charge on any atom is -0.490 e. The molecule has 5 heteroatoms. The second-order valence-electron chi connectivity index (χ2n) is 2.98. The molecule has 16 heavy (non-hydrogen) atoms. The molecule has 0 radical (unpaired) electrons. The molecule has 0 saturated carbocycles. The van der Waals surface area contributed by atoms with Gasteiger partial charge in [0.15, 0.2) is 11.6 Å². The number of esters is 1. The van der Waals surface area contributed by atoms with Crippen LogP contribution in [0.4, 0.5) is 4.39 Å². The third kappa shape index (κ3) is 4.18. The fourth-order valence-electron chi connectivity index (χ4n) is 1.07. The monoisotopic (exact) mass is 290 g/mol. The van der Waals surface area contributed by atoms with Crippen LogP contribution in [-0.4, -0.2) is 19.2 Å². The molecule has 1 aromatic rings. The molecule has 1 aromatic carbocycles. The minimum absolute atomic E-state index is 0.109. The van der Waals surface area contributed by atoms with Gasteiger partial charge in [-0.3, -0.25) is 4.79 Å². The largest absolute Gasteiger partial charge is 0.490 e. The number of hydrogen-bond acceptors (Lipinski definition) is 3. The molecule has 0 aromatic heterocycles. The fourth-order valence-corrected chi connectivity index (χ4v) is 1.40. The van der Waals surface area contributed by atoms with Crippen molar-refractivity contribution >= 4 is 21.9 Å². The molecule has 0 heterocycles. The van der Waals surface area contributed by atoms with E-state index in [1.54, 1.807) is 13.0 Å². The van der Waals surface area contributed by atoms with Gasteiger partial charge in [0.25, 0.3) is 0 Å². The average molecular weight is 291 g/mol. The molecule has 0 unspecified atom stereocenters. The summed E-state index contributed by atoms with van der Waals surface area (Å²) < 4.78 is 23.7. The van der Waals surface area contributed by atoms with Crippen LogP contribution in [0.5, 0.6) is 5.75 Å². The Morgan fingerprint density at radius 2 is 2.25 bits per heavy atom. The normalized spacial score (nSPS) is 9.94. The third-order valence-corrected chi connectivity index (χ3v) is 2.26. The Morgan fingerprint density at radius 1 is 1.50 bits per heavy atom. The molecule has 0 saturated heterocycles. The first-order valence-corrected chi connectivity index (χ1v) is 5.66. The maximum Gasteiger partial charge on any atom is 0.309 e. The summed E-state index contributed by atoms with van der Waals surface area (Å²) in [5.74, 6) is -0.675. The zero-order valence-electron chi connectivity index (χ0n) is 8.83. The van der Waals surface area contributed by atoms with Crippen LogP contribution in [0, 0.1) is 5.82 Å². The summed E-state index contributed by atoms with van der Waals surface area (Å²) in [5, 5.41) is 0. The van der Waals surface area contributed by atoms with Crippen molar-refractivity contribution in [1.29, 1.82) is 0 Å². The fraction of sp³-hybridized carbons (Fsp3) is 0.364. The Kier molecular flexibility index (Phi) is 5.25. The van der Waals surface area contributed by atoms with Gasteiger partial charge in [-0.15, -0.1) is 0 Å². The standard InChI is InChI=1S/C11H12BrFO3/c1-2-15-11(14)5-6-16-10-4-3-8(12)7-9(10)13/h3-4,7H,2,5-6H2,1H3. The number of benzene rings is 1. The van der Waals surface area contributed by atoms with Gasteiger partial charge in [-0.1, -0.05) is 15.9 Å². The van der Waals surface area contributed by atoms with E-state index in [1.165, 1.54) is 12.1 Å². The highest BCUT2D eigenvalue weighted by molar-refractivity contribution is 9.10. The number of halogens is 2. The van der Waals surface area contributed by atoms with Gasteiger partial charge in [-0.05, 0) is 25.1 Å². The third-order valence-electron chi connectivity index (χ3n) is 1.76. The quantitative estimate of drug-likeness (QED) is 0.782. The molecule has 0 spiro atoms. The number of ether oxygens (including phenoxy) is 2. The van der Waals surface area contributed by atoms with E-state index in [2.05, 4.69) is 15.9 Å². The van der Waals surface area contributed by atoms with E-state index in [0.29, 0.717) is 11.1 Å². The molecule has 0 amide bonds. The van der Waals surface area contributed by atoms with Crippen molar-refractivity contribution in [3.05, 3.63) is 28.5 Å². The summed E-state index contributed by atoms with van der Waals surface area (Å²) in [4.78, 5) is 11.0. The maximum atomic E-state index is 13.3. The zero-order chi connectivity index (χ0) is 12.0. The molecule has 0 N–H and O–H groups in total. The Bertz CT molecular complexity index is 368. The van der Waals surface area contributed by atoms with Crippen molar-refractivity contribution in [2.45, 2.75) is 13.3 Å². The van der Waals surface area contributed by atoms with Crippen molar-refractivity contribution in [2.24, 2.45) is 0 Å². The molecule has 88 valence electrons. The molecule has 1 rings (SSSR count). The molecule has 0 aliphatic heterocycles. The Hall–Kier alpha value is -1.10. The van der Waals surface area contributed by atoms with Gasteiger partial charge in [0.2, 0.25) is 0 Å². The summed E-state index contributed by atoms with van der Waals surface area (Å²) in [6, 6.07) is 4.48. The summed E-state index contributed by atoms with van der Waals surface area (Å²) in [7, 11) is 0. The molecule has 0 bridgehead atoms. The first-order valence-electron chi connectivity index (χ1n) is 4.87. The molecular weight excluding hydrogens is 279 g/mol.